The largest absolute Gasteiger partial charge is 0.372 e. The van der Waals surface area contributed by atoms with Crippen LogP contribution in [-0.4, -0.2) is 7.11 Å². The second kappa shape index (κ2) is 4.08. The number of fused-ring (bicyclic) bond motifs is 1. The number of allylic oxidation sites excluding steroid dienone is 2. The molecule has 0 unspecified atom stereocenters. The second-order valence-electron chi connectivity index (χ2n) is 5.99. The molecule has 0 heterocycles. The maximum atomic E-state index is 6.01. The van der Waals surface area contributed by atoms with Gasteiger partial charge in [-0.2, -0.15) is 0 Å². The lowest BCUT2D eigenvalue weighted by molar-refractivity contribution is 0.0594. The Labute approximate surface area is 115 Å². The van der Waals surface area contributed by atoms with E-state index in [0.29, 0.717) is 11.8 Å². The fourth-order valence-corrected chi connectivity index (χ4v) is 4.26. The number of rotatable bonds is 2. The van der Waals surface area contributed by atoms with Crippen molar-refractivity contribution >= 4 is 0 Å². The van der Waals surface area contributed by atoms with Crippen molar-refractivity contribution in [3.63, 3.8) is 0 Å². The third-order valence-corrected chi connectivity index (χ3v) is 5.20. The van der Waals surface area contributed by atoms with Gasteiger partial charge in [-0.15, -0.1) is 0 Å². The molecule has 98 valence electrons. The van der Waals surface area contributed by atoms with Crippen LogP contribution < -0.4 is 0 Å². The van der Waals surface area contributed by atoms with Gasteiger partial charge in [0.15, 0.2) is 0 Å². The molecule has 0 aromatic heterocycles. The monoisotopic (exact) mass is 252 g/mol. The Morgan fingerprint density at radius 2 is 1.84 bits per heavy atom. The fourth-order valence-electron chi connectivity index (χ4n) is 4.26. The highest BCUT2D eigenvalue weighted by Gasteiger charge is 2.68. The summed E-state index contributed by atoms with van der Waals surface area (Å²) in [5.74, 6) is 1.14. The van der Waals surface area contributed by atoms with Crippen molar-refractivity contribution < 1.29 is 4.74 Å². The van der Waals surface area contributed by atoms with Crippen LogP contribution in [-0.2, 0) is 10.3 Å². The molecule has 0 bridgehead atoms. The van der Waals surface area contributed by atoms with Crippen LogP contribution in [0.5, 0.6) is 0 Å². The Kier molecular flexibility index (Phi) is 2.46. The summed E-state index contributed by atoms with van der Waals surface area (Å²) < 4.78 is 6.01. The van der Waals surface area contributed by atoms with Gasteiger partial charge in [-0.1, -0.05) is 48.1 Å². The normalized spacial score (nSPS) is 35.8. The molecule has 1 heteroatoms. The highest BCUT2D eigenvalue weighted by molar-refractivity contribution is 5.52. The second-order valence-corrected chi connectivity index (χ2v) is 5.99. The van der Waals surface area contributed by atoms with E-state index < -0.39 is 0 Å². The van der Waals surface area contributed by atoms with Gasteiger partial charge in [0.05, 0.1) is 0 Å². The van der Waals surface area contributed by atoms with Gasteiger partial charge in [-0.05, 0) is 36.8 Å². The van der Waals surface area contributed by atoms with Crippen molar-refractivity contribution in [2.75, 3.05) is 7.11 Å². The minimum atomic E-state index is -0.0685. The summed E-state index contributed by atoms with van der Waals surface area (Å²) in [6.45, 7) is 0. The van der Waals surface area contributed by atoms with Crippen LogP contribution in [0.4, 0.5) is 0 Å². The first-order valence-corrected chi connectivity index (χ1v) is 7.38. The summed E-state index contributed by atoms with van der Waals surface area (Å²) in [6, 6.07) is 10.8. The van der Waals surface area contributed by atoms with E-state index in [-0.39, 0.29) is 5.60 Å². The Balaban J connectivity index is 1.75. The standard InChI is InChI=1S/C18H20O/c1-19-18(14-9-3-2-4-10-14)16-12-11-15(17(16)18)13-7-5-6-8-13/h2-4,9-12,16-17H,5-8H2,1H3/t16-,17+,18-/m0/s1. The quantitative estimate of drug-likeness (QED) is 0.766. The molecule has 3 aliphatic rings. The molecule has 0 N–H and O–H groups in total. The first-order chi connectivity index (χ1) is 9.38. The summed E-state index contributed by atoms with van der Waals surface area (Å²) in [5, 5.41) is 0. The smallest absolute Gasteiger partial charge is 0.107 e. The molecular formula is C18H20O. The van der Waals surface area contributed by atoms with E-state index in [2.05, 4.69) is 42.5 Å². The van der Waals surface area contributed by atoms with Gasteiger partial charge in [0, 0.05) is 18.9 Å². The Bertz CT molecular complexity index is 546. The molecule has 1 nitrogen and oxygen atoms in total. The molecule has 3 atom stereocenters. The predicted molar refractivity (Wildman–Crippen MR) is 76.7 cm³/mol. The molecule has 0 amide bonds. The Morgan fingerprint density at radius 3 is 2.53 bits per heavy atom. The number of methoxy groups -OCH3 is 1. The average molecular weight is 252 g/mol. The Hall–Kier alpha value is -1.34. The molecule has 19 heavy (non-hydrogen) atoms. The van der Waals surface area contributed by atoms with Crippen molar-refractivity contribution in [3.05, 3.63) is 59.2 Å². The third-order valence-electron chi connectivity index (χ3n) is 5.20. The van der Waals surface area contributed by atoms with Crippen LogP contribution >= 0.6 is 0 Å². The fraction of sp³-hybridized carbons (Fsp3) is 0.444. The van der Waals surface area contributed by atoms with Crippen LogP contribution in [0.15, 0.2) is 53.6 Å². The summed E-state index contributed by atoms with van der Waals surface area (Å²) in [4.78, 5) is 0. The van der Waals surface area contributed by atoms with Crippen molar-refractivity contribution in [3.8, 4) is 0 Å². The summed E-state index contributed by atoms with van der Waals surface area (Å²) in [5.41, 5.74) is 4.56. The zero-order valence-electron chi connectivity index (χ0n) is 11.4. The SMILES string of the molecule is CO[C@]1(c2ccccc2)[C@@H]2C(=C3CCCC3)C=C[C@@H]21. The number of hydrogen-bond acceptors (Lipinski definition) is 1. The summed E-state index contributed by atoms with van der Waals surface area (Å²) in [7, 11) is 1.87. The predicted octanol–water partition coefficient (Wildman–Crippen LogP) is 4.21. The lowest BCUT2D eigenvalue weighted by atomic mass is 9.96. The zero-order chi connectivity index (χ0) is 12.9. The number of ether oxygens (including phenoxy) is 1. The highest BCUT2D eigenvalue weighted by Crippen LogP contribution is 2.68. The van der Waals surface area contributed by atoms with Crippen molar-refractivity contribution in [1.29, 1.82) is 0 Å². The van der Waals surface area contributed by atoms with E-state index in [9.17, 15) is 0 Å². The third kappa shape index (κ3) is 1.45. The molecule has 2 saturated carbocycles. The van der Waals surface area contributed by atoms with Gasteiger partial charge in [0.2, 0.25) is 0 Å². The Morgan fingerprint density at radius 1 is 1.11 bits per heavy atom. The van der Waals surface area contributed by atoms with E-state index in [0.717, 1.165) is 0 Å². The van der Waals surface area contributed by atoms with E-state index in [1.54, 1.807) is 11.1 Å². The number of benzene rings is 1. The molecule has 2 fully saturated rings. The van der Waals surface area contributed by atoms with Crippen molar-refractivity contribution in [2.45, 2.75) is 31.3 Å². The molecule has 1 aromatic rings. The molecular weight excluding hydrogens is 232 g/mol. The van der Waals surface area contributed by atoms with Gasteiger partial charge in [0.25, 0.3) is 0 Å². The van der Waals surface area contributed by atoms with E-state index >= 15 is 0 Å². The van der Waals surface area contributed by atoms with Gasteiger partial charge in [-0.3, -0.25) is 0 Å². The first-order valence-electron chi connectivity index (χ1n) is 7.38. The summed E-state index contributed by atoms with van der Waals surface area (Å²) >= 11 is 0. The highest BCUT2D eigenvalue weighted by atomic mass is 16.5. The van der Waals surface area contributed by atoms with Crippen LogP contribution in [0, 0.1) is 11.8 Å². The zero-order valence-corrected chi connectivity index (χ0v) is 11.4. The van der Waals surface area contributed by atoms with Crippen LogP contribution in [0.25, 0.3) is 0 Å². The molecule has 0 radical (unpaired) electrons. The maximum Gasteiger partial charge on any atom is 0.107 e. The maximum absolute atomic E-state index is 6.01. The van der Waals surface area contributed by atoms with Crippen LogP contribution in [0.3, 0.4) is 0 Å². The van der Waals surface area contributed by atoms with Crippen molar-refractivity contribution in [2.24, 2.45) is 11.8 Å². The average Bonchev–Trinajstić information content (AvgIpc) is 2.86. The number of hydrogen-bond donors (Lipinski definition) is 0. The van der Waals surface area contributed by atoms with Gasteiger partial charge >= 0.3 is 0 Å². The minimum Gasteiger partial charge on any atom is -0.372 e. The lowest BCUT2D eigenvalue weighted by Gasteiger charge is -2.20. The van der Waals surface area contributed by atoms with Crippen molar-refractivity contribution in [1.82, 2.24) is 0 Å². The molecule has 0 spiro atoms. The lowest BCUT2D eigenvalue weighted by Crippen LogP contribution is -2.16. The summed E-state index contributed by atoms with van der Waals surface area (Å²) in [6.07, 6.45) is 10.1. The molecule has 4 rings (SSSR count). The van der Waals surface area contributed by atoms with Gasteiger partial charge in [-0.25, -0.2) is 0 Å². The minimum absolute atomic E-state index is 0.0685. The van der Waals surface area contributed by atoms with E-state index in [1.165, 1.54) is 31.2 Å². The van der Waals surface area contributed by atoms with Crippen LogP contribution in [0.1, 0.15) is 31.2 Å². The topological polar surface area (TPSA) is 9.23 Å². The van der Waals surface area contributed by atoms with E-state index in [1.807, 2.05) is 7.11 Å². The molecule has 1 aromatic carbocycles. The molecule has 0 aliphatic heterocycles. The van der Waals surface area contributed by atoms with Gasteiger partial charge < -0.3 is 4.74 Å². The van der Waals surface area contributed by atoms with Crippen LogP contribution in [0.2, 0.25) is 0 Å². The first kappa shape index (κ1) is 11.5. The van der Waals surface area contributed by atoms with E-state index in [4.69, 9.17) is 4.74 Å². The molecule has 3 aliphatic carbocycles. The molecule has 0 saturated heterocycles. The van der Waals surface area contributed by atoms with Gasteiger partial charge in [0.1, 0.15) is 5.60 Å².